The summed E-state index contributed by atoms with van der Waals surface area (Å²) < 4.78 is 36.6. The maximum atomic E-state index is 12.4. The molecule has 1 amide bonds. The summed E-state index contributed by atoms with van der Waals surface area (Å²) in [6.07, 6.45) is -0.710. The molecule has 1 aromatic heterocycles. The molecule has 0 aliphatic carbocycles. The van der Waals surface area contributed by atoms with Crippen LogP contribution in [0.2, 0.25) is 0 Å². The lowest BCUT2D eigenvalue weighted by atomic mass is 10.1. The zero-order chi connectivity index (χ0) is 20.8. The van der Waals surface area contributed by atoms with E-state index in [-0.39, 0.29) is 13.2 Å². The summed E-state index contributed by atoms with van der Waals surface area (Å²) in [6.45, 7) is 1.12. The van der Waals surface area contributed by atoms with E-state index in [0.29, 0.717) is 23.7 Å². The number of hydrogen-bond donors (Lipinski definition) is 2. The molecular weight excluding hydrogens is 380 g/mol. The molecule has 3 aromatic rings. The number of nitrogens with two attached hydrogens (primary N) is 1. The molecule has 0 aliphatic heterocycles. The van der Waals surface area contributed by atoms with E-state index in [9.17, 15) is 13.6 Å². The molecule has 29 heavy (non-hydrogen) atoms. The minimum absolute atomic E-state index is 0.00288. The molecule has 154 valence electrons. The zero-order valence-electron chi connectivity index (χ0n) is 16.1. The van der Waals surface area contributed by atoms with Gasteiger partial charge in [-0.1, -0.05) is 12.1 Å². The predicted molar refractivity (Wildman–Crippen MR) is 110 cm³/mol. The second-order valence-corrected chi connectivity index (χ2v) is 6.25. The van der Waals surface area contributed by atoms with E-state index in [0.717, 1.165) is 22.2 Å². The second-order valence-electron chi connectivity index (χ2n) is 6.25. The average molecular weight is 403 g/mol. The van der Waals surface area contributed by atoms with Gasteiger partial charge in [0.05, 0.1) is 16.9 Å². The standard InChI is InChI=1S/C21H23F2N3O3/c1-2-26-18-13-16(28-11-9-22)7-8-17(18)19(24)20(26)14-3-5-15(6-4-14)25-21(27)29-12-10-23/h3-8,13H,2,9-12,24H2,1H3,(H,25,27). The number of amides is 1. The molecule has 0 aliphatic rings. The number of carbonyl (C=O) groups excluding carboxylic acids is 1. The number of nitrogen functional groups attached to an aromatic ring is 1. The lowest BCUT2D eigenvalue weighted by Crippen LogP contribution is -2.14. The Morgan fingerprint density at radius 3 is 2.48 bits per heavy atom. The van der Waals surface area contributed by atoms with Crippen molar-refractivity contribution in [1.29, 1.82) is 0 Å². The molecule has 3 rings (SSSR count). The lowest BCUT2D eigenvalue weighted by molar-refractivity contribution is 0.152. The van der Waals surface area contributed by atoms with Gasteiger partial charge in [-0.2, -0.15) is 0 Å². The van der Waals surface area contributed by atoms with Gasteiger partial charge in [0, 0.05) is 29.2 Å². The Morgan fingerprint density at radius 1 is 1.10 bits per heavy atom. The van der Waals surface area contributed by atoms with E-state index >= 15 is 0 Å². The molecule has 0 saturated heterocycles. The van der Waals surface area contributed by atoms with Crippen molar-refractivity contribution < 1.29 is 23.0 Å². The molecule has 0 spiro atoms. The third-order valence-electron chi connectivity index (χ3n) is 4.45. The number of carbonyl (C=O) groups is 1. The summed E-state index contributed by atoms with van der Waals surface area (Å²) >= 11 is 0. The first-order chi connectivity index (χ1) is 14.1. The van der Waals surface area contributed by atoms with Gasteiger partial charge in [-0.25, -0.2) is 13.6 Å². The smallest absolute Gasteiger partial charge is 0.411 e. The van der Waals surface area contributed by atoms with Gasteiger partial charge in [0.15, 0.2) is 0 Å². The van der Waals surface area contributed by atoms with Crippen molar-refractivity contribution in [3.8, 4) is 17.0 Å². The average Bonchev–Trinajstić information content (AvgIpc) is 3.02. The Bertz CT molecular complexity index is 987. The first kappa shape index (κ1) is 20.4. The minimum atomic E-state index is -0.728. The van der Waals surface area contributed by atoms with Crippen LogP contribution in [0, 0.1) is 0 Å². The van der Waals surface area contributed by atoms with Crippen molar-refractivity contribution in [2.45, 2.75) is 13.5 Å². The molecule has 0 saturated carbocycles. The number of rotatable bonds is 8. The maximum Gasteiger partial charge on any atom is 0.411 e. The van der Waals surface area contributed by atoms with Crippen LogP contribution in [0.3, 0.4) is 0 Å². The van der Waals surface area contributed by atoms with Crippen molar-refractivity contribution in [3.63, 3.8) is 0 Å². The van der Waals surface area contributed by atoms with E-state index in [2.05, 4.69) is 14.6 Å². The molecule has 0 bridgehead atoms. The van der Waals surface area contributed by atoms with E-state index in [1.807, 2.05) is 31.2 Å². The van der Waals surface area contributed by atoms with Crippen LogP contribution in [0.5, 0.6) is 5.75 Å². The van der Waals surface area contributed by atoms with Gasteiger partial charge in [-0.05, 0) is 31.2 Å². The van der Waals surface area contributed by atoms with Gasteiger partial charge in [0.1, 0.15) is 32.3 Å². The number of nitrogens with one attached hydrogen (secondary N) is 1. The van der Waals surface area contributed by atoms with Gasteiger partial charge in [0.25, 0.3) is 0 Å². The number of fused-ring (bicyclic) bond motifs is 1. The SMILES string of the molecule is CCn1c(-c2ccc(NC(=O)OCCF)cc2)c(N)c2ccc(OCCF)cc21. The van der Waals surface area contributed by atoms with Crippen LogP contribution in [0.25, 0.3) is 22.2 Å². The van der Waals surface area contributed by atoms with E-state index < -0.39 is 19.4 Å². The number of alkyl halides is 2. The predicted octanol–water partition coefficient (Wildman–Crippen LogP) is 4.78. The number of aromatic nitrogens is 1. The first-order valence-corrected chi connectivity index (χ1v) is 9.29. The number of anilines is 2. The van der Waals surface area contributed by atoms with Gasteiger partial charge in [-0.15, -0.1) is 0 Å². The highest BCUT2D eigenvalue weighted by atomic mass is 19.1. The molecule has 6 nitrogen and oxygen atoms in total. The van der Waals surface area contributed by atoms with Gasteiger partial charge in [-0.3, -0.25) is 5.32 Å². The van der Waals surface area contributed by atoms with E-state index in [4.69, 9.17) is 10.5 Å². The summed E-state index contributed by atoms with van der Waals surface area (Å²) in [5.41, 5.74) is 10.2. The van der Waals surface area contributed by atoms with E-state index in [1.165, 1.54) is 0 Å². The minimum Gasteiger partial charge on any atom is -0.491 e. The molecule has 8 heteroatoms. The van der Waals surface area contributed by atoms with Crippen molar-refractivity contribution in [2.24, 2.45) is 0 Å². The molecule has 3 N–H and O–H groups in total. The number of nitrogens with zero attached hydrogens (tertiary/aromatic N) is 1. The van der Waals surface area contributed by atoms with Crippen LogP contribution in [0.15, 0.2) is 42.5 Å². The quantitative estimate of drug-likeness (QED) is 0.568. The molecule has 1 heterocycles. The van der Waals surface area contributed by atoms with Crippen molar-refractivity contribution in [2.75, 3.05) is 37.6 Å². The van der Waals surface area contributed by atoms with Gasteiger partial charge in [0.2, 0.25) is 0 Å². The third-order valence-corrected chi connectivity index (χ3v) is 4.45. The highest BCUT2D eigenvalue weighted by Gasteiger charge is 2.17. The fourth-order valence-corrected chi connectivity index (χ4v) is 3.24. The molecule has 0 fully saturated rings. The Balaban J connectivity index is 1.92. The Hall–Kier alpha value is -3.29. The summed E-state index contributed by atoms with van der Waals surface area (Å²) in [5, 5.41) is 3.42. The largest absolute Gasteiger partial charge is 0.491 e. The fraction of sp³-hybridized carbons (Fsp3) is 0.286. The molecule has 2 aromatic carbocycles. The van der Waals surface area contributed by atoms with Gasteiger partial charge >= 0.3 is 6.09 Å². The number of benzene rings is 2. The number of hydrogen-bond acceptors (Lipinski definition) is 4. The third kappa shape index (κ3) is 4.42. The van der Waals surface area contributed by atoms with Crippen molar-refractivity contribution >= 4 is 28.4 Å². The highest BCUT2D eigenvalue weighted by molar-refractivity contribution is 6.01. The van der Waals surface area contributed by atoms with Gasteiger partial charge < -0.3 is 19.8 Å². The summed E-state index contributed by atoms with van der Waals surface area (Å²) in [7, 11) is 0. The molecular formula is C21H23F2N3O3. The Labute approximate surface area is 167 Å². The van der Waals surface area contributed by atoms with Crippen molar-refractivity contribution in [1.82, 2.24) is 4.57 Å². The zero-order valence-corrected chi connectivity index (χ0v) is 16.1. The van der Waals surface area contributed by atoms with E-state index in [1.54, 1.807) is 18.2 Å². The topological polar surface area (TPSA) is 78.5 Å². The van der Waals surface area contributed by atoms with Crippen molar-refractivity contribution in [3.05, 3.63) is 42.5 Å². The van der Waals surface area contributed by atoms with Crippen LogP contribution in [0.1, 0.15) is 6.92 Å². The van der Waals surface area contributed by atoms with Crippen LogP contribution in [-0.4, -0.2) is 37.2 Å². The number of ether oxygens (including phenoxy) is 2. The van der Waals surface area contributed by atoms with Crippen LogP contribution in [0.4, 0.5) is 25.0 Å². The molecule has 0 atom stereocenters. The van der Waals surface area contributed by atoms with Crippen LogP contribution in [-0.2, 0) is 11.3 Å². The molecule has 0 unspecified atom stereocenters. The summed E-state index contributed by atoms with van der Waals surface area (Å²) in [5.74, 6) is 0.584. The molecule has 0 radical (unpaired) electrons. The number of halogens is 2. The Kier molecular flexibility index (Phi) is 6.54. The summed E-state index contributed by atoms with van der Waals surface area (Å²) in [6, 6.07) is 12.6. The van der Waals surface area contributed by atoms with Crippen LogP contribution < -0.4 is 15.8 Å². The summed E-state index contributed by atoms with van der Waals surface area (Å²) in [4.78, 5) is 11.5. The normalized spacial score (nSPS) is 10.9. The lowest BCUT2D eigenvalue weighted by Gasteiger charge is -2.11. The number of aryl methyl sites for hydroxylation is 1. The highest BCUT2D eigenvalue weighted by Crippen LogP contribution is 2.38. The monoisotopic (exact) mass is 403 g/mol. The second kappa shape index (κ2) is 9.27. The first-order valence-electron chi connectivity index (χ1n) is 9.29. The maximum absolute atomic E-state index is 12.4. The van der Waals surface area contributed by atoms with Crippen LogP contribution >= 0.6 is 0 Å². The Morgan fingerprint density at radius 2 is 1.83 bits per heavy atom. The fourth-order valence-electron chi connectivity index (χ4n) is 3.24.